The molecule has 1 saturated heterocycles. The Kier molecular flexibility index (Phi) is 3.69. The van der Waals surface area contributed by atoms with Crippen LogP contribution in [0, 0.1) is 0 Å². The summed E-state index contributed by atoms with van der Waals surface area (Å²) in [6.45, 7) is 1.37. The van der Waals surface area contributed by atoms with E-state index in [0.717, 1.165) is 5.39 Å². The molecule has 1 aromatic carbocycles. The molecule has 0 saturated carbocycles. The van der Waals surface area contributed by atoms with Gasteiger partial charge in [-0.1, -0.05) is 18.2 Å². The summed E-state index contributed by atoms with van der Waals surface area (Å²) in [5.41, 5.74) is 0.366. The molecule has 5 nitrogen and oxygen atoms in total. The minimum atomic E-state index is -0.859. The van der Waals surface area contributed by atoms with Crippen molar-refractivity contribution in [1.82, 2.24) is 4.90 Å². The number of benzene rings is 1. The predicted molar refractivity (Wildman–Crippen MR) is 78.2 cm³/mol. The highest BCUT2D eigenvalue weighted by molar-refractivity contribution is 6.05. The van der Waals surface area contributed by atoms with E-state index in [2.05, 4.69) is 0 Å². The molecule has 0 unspecified atom stereocenters. The summed E-state index contributed by atoms with van der Waals surface area (Å²) in [6, 6.07) is 7.44. The third-order valence-electron chi connectivity index (χ3n) is 4.01. The van der Waals surface area contributed by atoms with Gasteiger partial charge in [-0.15, -0.1) is 0 Å². The lowest BCUT2D eigenvalue weighted by molar-refractivity contribution is -0.0734. The van der Waals surface area contributed by atoms with E-state index in [0.29, 0.717) is 43.7 Å². The summed E-state index contributed by atoms with van der Waals surface area (Å²) in [6.07, 6.45) is 2.59. The number of hydrogen-bond acceptors (Lipinski definition) is 4. The second kappa shape index (κ2) is 5.50. The molecule has 112 valence electrons. The van der Waals surface area contributed by atoms with Gasteiger partial charge in [-0.3, -0.25) is 4.79 Å². The lowest BCUT2D eigenvalue weighted by Crippen LogP contribution is -2.47. The average molecular weight is 289 g/mol. The van der Waals surface area contributed by atoms with Gasteiger partial charge < -0.3 is 19.2 Å². The summed E-state index contributed by atoms with van der Waals surface area (Å²) in [5.74, 6) is -0.139. The highest BCUT2D eigenvalue weighted by atomic mass is 16.5. The molecule has 3 rings (SSSR count). The van der Waals surface area contributed by atoms with Crippen LogP contribution in [0.1, 0.15) is 23.2 Å². The van der Waals surface area contributed by atoms with E-state index in [1.807, 2.05) is 24.3 Å². The molecule has 5 heteroatoms. The normalized spacial score (nSPS) is 17.8. The van der Waals surface area contributed by atoms with E-state index in [4.69, 9.17) is 9.15 Å². The van der Waals surface area contributed by atoms with Crippen LogP contribution in [-0.4, -0.2) is 48.3 Å². The summed E-state index contributed by atoms with van der Waals surface area (Å²) in [7, 11) is 1.71. The van der Waals surface area contributed by atoms with Crippen LogP contribution in [0.4, 0.5) is 0 Å². The highest BCUT2D eigenvalue weighted by Gasteiger charge is 2.33. The van der Waals surface area contributed by atoms with Crippen molar-refractivity contribution in [1.29, 1.82) is 0 Å². The van der Waals surface area contributed by atoms with E-state index < -0.39 is 5.60 Å². The van der Waals surface area contributed by atoms with Crippen LogP contribution in [0.5, 0.6) is 0 Å². The fourth-order valence-corrected chi connectivity index (χ4v) is 2.77. The first kappa shape index (κ1) is 14.1. The van der Waals surface area contributed by atoms with Crippen molar-refractivity contribution in [3.63, 3.8) is 0 Å². The summed E-state index contributed by atoms with van der Waals surface area (Å²) in [4.78, 5) is 14.1. The van der Waals surface area contributed by atoms with Gasteiger partial charge in [-0.2, -0.15) is 0 Å². The molecule has 0 atom stereocenters. The summed E-state index contributed by atoms with van der Waals surface area (Å²) in [5, 5.41) is 11.3. The number of ether oxygens (including phenoxy) is 1. The molecule has 21 heavy (non-hydrogen) atoms. The van der Waals surface area contributed by atoms with E-state index in [9.17, 15) is 9.90 Å². The number of carbonyl (C=O) groups is 1. The molecule has 1 aromatic heterocycles. The molecular formula is C16H19NO4. The van der Waals surface area contributed by atoms with Crippen molar-refractivity contribution in [3.8, 4) is 0 Å². The van der Waals surface area contributed by atoms with Gasteiger partial charge in [-0.05, 0) is 6.07 Å². The number of nitrogens with zero attached hydrogens (tertiary/aromatic N) is 1. The molecule has 1 amide bonds. The van der Waals surface area contributed by atoms with Gasteiger partial charge in [0.25, 0.3) is 5.91 Å². The van der Waals surface area contributed by atoms with E-state index in [1.54, 1.807) is 11.9 Å². The van der Waals surface area contributed by atoms with Crippen molar-refractivity contribution in [2.75, 3.05) is 26.8 Å². The zero-order valence-corrected chi connectivity index (χ0v) is 12.0. The van der Waals surface area contributed by atoms with Gasteiger partial charge in [0.05, 0.1) is 11.2 Å². The maximum absolute atomic E-state index is 12.6. The fraction of sp³-hybridized carbons (Fsp3) is 0.438. The van der Waals surface area contributed by atoms with Crippen molar-refractivity contribution in [3.05, 3.63) is 36.1 Å². The third kappa shape index (κ3) is 2.80. The minimum Gasteiger partial charge on any atom is -0.463 e. The van der Waals surface area contributed by atoms with Gasteiger partial charge in [0.2, 0.25) is 0 Å². The summed E-state index contributed by atoms with van der Waals surface area (Å²) < 4.78 is 10.7. The maximum atomic E-state index is 12.6. The molecule has 1 aliphatic rings. The molecule has 1 aliphatic heterocycles. The summed E-state index contributed by atoms with van der Waals surface area (Å²) >= 11 is 0. The van der Waals surface area contributed by atoms with Crippen LogP contribution in [0.2, 0.25) is 0 Å². The molecule has 0 aliphatic carbocycles. The second-order valence-corrected chi connectivity index (χ2v) is 5.64. The smallest absolute Gasteiger partial charge is 0.257 e. The first-order valence-corrected chi connectivity index (χ1v) is 7.11. The molecule has 1 N–H and O–H groups in total. The zero-order chi connectivity index (χ0) is 14.9. The molecule has 2 aromatic rings. The predicted octanol–water partition coefficient (Wildman–Crippen LogP) is 2.05. The Hall–Kier alpha value is -1.85. The number of carbonyl (C=O) groups excluding carboxylic acids is 1. The lowest BCUT2D eigenvalue weighted by Gasteiger charge is -2.35. The number of fused-ring (bicyclic) bond motifs is 1. The van der Waals surface area contributed by atoms with Crippen molar-refractivity contribution < 1.29 is 19.1 Å². The first-order valence-electron chi connectivity index (χ1n) is 7.11. The number of amides is 1. The van der Waals surface area contributed by atoms with Crippen LogP contribution in [0.15, 0.2) is 34.9 Å². The Morgan fingerprint density at radius 1 is 1.33 bits per heavy atom. The van der Waals surface area contributed by atoms with Crippen LogP contribution in [0.25, 0.3) is 11.0 Å². The minimum absolute atomic E-state index is 0.139. The van der Waals surface area contributed by atoms with Gasteiger partial charge in [0, 0.05) is 45.0 Å². The number of likely N-dealkylation sites (N-methyl/N-ethyl adjacent to an activating group) is 1. The van der Waals surface area contributed by atoms with Crippen LogP contribution in [0.3, 0.4) is 0 Å². The Morgan fingerprint density at radius 3 is 2.81 bits per heavy atom. The van der Waals surface area contributed by atoms with Gasteiger partial charge in [-0.25, -0.2) is 0 Å². The first-order chi connectivity index (χ1) is 10.1. The molecular weight excluding hydrogens is 270 g/mol. The monoisotopic (exact) mass is 289 g/mol. The molecule has 0 bridgehead atoms. The Labute approximate surface area is 123 Å². The SMILES string of the molecule is CN(CC1(O)CCOCC1)C(=O)c1coc2ccccc12. The fourth-order valence-electron chi connectivity index (χ4n) is 2.77. The van der Waals surface area contributed by atoms with Crippen molar-refractivity contribution >= 4 is 16.9 Å². The molecule has 1 fully saturated rings. The van der Waals surface area contributed by atoms with Gasteiger partial charge in [0.1, 0.15) is 11.8 Å². The largest absolute Gasteiger partial charge is 0.463 e. The topological polar surface area (TPSA) is 62.9 Å². The molecule has 2 heterocycles. The Bertz CT molecular complexity index is 643. The average Bonchev–Trinajstić information content (AvgIpc) is 2.90. The van der Waals surface area contributed by atoms with E-state index in [-0.39, 0.29) is 5.91 Å². The Morgan fingerprint density at radius 2 is 2.05 bits per heavy atom. The molecule has 0 radical (unpaired) electrons. The van der Waals surface area contributed by atoms with Gasteiger partial charge >= 0.3 is 0 Å². The number of para-hydroxylation sites is 1. The maximum Gasteiger partial charge on any atom is 0.257 e. The standard InChI is InChI=1S/C16H19NO4/c1-17(11-16(19)6-8-20-9-7-16)15(18)13-10-21-14-5-3-2-4-12(13)14/h2-5,10,19H,6-9,11H2,1H3. The third-order valence-corrected chi connectivity index (χ3v) is 4.01. The van der Waals surface area contributed by atoms with E-state index >= 15 is 0 Å². The Balaban J connectivity index is 1.78. The van der Waals surface area contributed by atoms with Gasteiger partial charge in [0.15, 0.2) is 0 Å². The van der Waals surface area contributed by atoms with Crippen molar-refractivity contribution in [2.24, 2.45) is 0 Å². The quantitative estimate of drug-likeness (QED) is 0.939. The molecule has 0 spiro atoms. The zero-order valence-electron chi connectivity index (χ0n) is 12.0. The number of aliphatic hydroxyl groups is 1. The van der Waals surface area contributed by atoms with Crippen LogP contribution >= 0.6 is 0 Å². The van der Waals surface area contributed by atoms with Crippen LogP contribution < -0.4 is 0 Å². The number of rotatable bonds is 3. The van der Waals surface area contributed by atoms with Crippen LogP contribution in [-0.2, 0) is 4.74 Å². The highest BCUT2D eigenvalue weighted by Crippen LogP contribution is 2.25. The number of hydrogen-bond donors (Lipinski definition) is 1. The lowest BCUT2D eigenvalue weighted by atomic mass is 9.93. The van der Waals surface area contributed by atoms with E-state index in [1.165, 1.54) is 6.26 Å². The second-order valence-electron chi connectivity index (χ2n) is 5.64. The number of furan rings is 1. The van der Waals surface area contributed by atoms with Crippen molar-refractivity contribution in [2.45, 2.75) is 18.4 Å².